The highest BCUT2D eigenvalue weighted by Gasteiger charge is 2.26. The van der Waals surface area contributed by atoms with Crippen molar-refractivity contribution in [3.63, 3.8) is 0 Å². The van der Waals surface area contributed by atoms with Crippen LogP contribution in [0.4, 0.5) is 0 Å². The molecule has 1 heterocycles. The molecule has 1 aromatic heterocycles. The fourth-order valence-electron chi connectivity index (χ4n) is 3.55. The maximum Gasteiger partial charge on any atom is 0.251 e. The third kappa shape index (κ3) is 5.55. The van der Waals surface area contributed by atoms with Crippen LogP contribution in [0.2, 0.25) is 0 Å². The zero-order chi connectivity index (χ0) is 19.8. The fraction of sp³-hybridized carbons (Fsp3) is 0.409. The normalized spacial score (nSPS) is 18.9. The molecule has 1 aromatic carbocycles. The van der Waals surface area contributed by atoms with Gasteiger partial charge in [-0.05, 0) is 67.5 Å². The van der Waals surface area contributed by atoms with E-state index in [2.05, 4.69) is 15.6 Å². The molecular formula is C22H27N3O3. The van der Waals surface area contributed by atoms with Crippen molar-refractivity contribution in [2.24, 2.45) is 11.8 Å². The summed E-state index contributed by atoms with van der Waals surface area (Å²) in [5.74, 6) is 1.26. The first-order chi connectivity index (χ1) is 13.7. The molecule has 28 heavy (non-hydrogen) atoms. The van der Waals surface area contributed by atoms with E-state index in [1.807, 2.05) is 12.1 Å². The molecule has 6 nitrogen and oxygen atoms in total. The summed E-state index contributed by atoms with van der Waals surface area (Å²) in [6.07, 6.45) is 7.12. The number of nitrogens with one attached hydrogen (secondary N) is 2. The van der Waals surface area contributed by atoms with E-state index in [9.17, 15) is 9.59 Å². The van der Waals surface area contributed by atoms with Gasteiger partial charge in [-0.15, -0.1) is 0 Å². The molecule has 1 aliphatic carbocycles. The summed E-state index contributed by atoms with van der Waals surface area (Å²) in [6, 6.07) is 10.9. The smallest absolute Gasteiger partial charge is 0.251 e. The highest BCUT2D eigenvalue weighted by molar-refractivity contribution is 5.94. The van der Waals surface area contributed by atoms with E-state index in [-0.39, 0.29) is 17.7 Å². The Labute approximate surface area is 165 Å². The molecule has 1 aliphatic rings. The highest BCUT2D eigenvalue weighted by Crippen LogP contribution is 2.28. The lowest BCUT2D eigenvalue weighted by Gasteiger charge is -2.28. The number of benzene rings is 1. The van der Waals surface area contributed by atoms with E-state index in [0.29, 0.717) is 24.6 Å². The third-order valence-electron chi connectivity index (χ3n) is 5.31. The molecule has 1 fully saturated rings. The highest BCUT2D eigenvalue weighted by atomic mass is 16.5. The minimum Gasteiger partial charge on any atom is -0.497 e. The van der Waals surface area contributed by atoms with Gasteiger partial charge in [-0.2, -0.15) is 0 Å². The van der Waals surface area contributed by atoms with Crippen LogP contribution < -0.4 is 15.4 Å². The topological polar surface area (TPSA) is 80.3 Å². The predicted molar refractivity (Wildman–Crippen MR) is 107 cm³/mol. The van der Waals surface area contributed by atoms with Crippen LogP contribution >= 0.6 is 0 Å². The van der Waals surface area contributed by atoms with Gasteiger partial charge in [-0.3, -0.25) is 14.6 Å². The van der Waals surface area contributed by atoms with Crippen LogP contribution in [0, 0.1) is 11.8 Å². The van der Waals surface area contributed by atoms with E-state index in [1.54, 1.807) is 43.8 Å². The molecule has 0 aliphatic heterocycles. The van der Waals surface area contributed by atoms with Crippen LogP contribution in [0.5, 0.6) is 5.75 Å². The lowest BCUT2D eigenvalue weighted by molar-refractivity contribution is -0.126. The Bertz CT molecular complexity index is 769. The number of carbonyl (C=O) groups is 2. The summed E-state index contributed by atoms with van der Waals surface area (Å²) in [4.78, 5) is 28.7. The SMILES string of the molecule is COc1ccc(C(=O)NCC2CCC(C(=O)NCc3cccnc3)CC2)cc1. The number of nitrogens with zero attached hydrogens (tertiary/aromatic N) is 1. The third-order valence-corrected chi connectivity index (χ3v) is 5.31. The van der Waals surface area contributed by atoms with Gasteiger partial charge in [0.25, 0.3) is 5.91 Å². The van der Waals surface area contributed by atoms with Crippen molar-refractivity contribution in [1.29, 1.82) is 0 Å². The Morgan fingerprint density at radius 2 is 1.82 bits per heavy atom. The number of carbonyl (C=O) groups excluding carboxylic acids is 2. The average Bonchev–Trinajstić information content (AvgIpc) is 2.77. The first-order valence-electron chi connectivity index (χ1n) is 9.74. The molecule has 0 bridgehead atoms. The molecule has 0 unspecified atom stereocenters. The predicted octanol–water partition coefficient (Wildman–Crippen LogP) is 2.94. The van der Waals surface area contributed by atoms with Crippen molar-refractivity contribution in [2.75, 3.05) is 13.7 Å². The quantitative estimate of drug-likeness (QED) is 0.773. The van der Waals surface area contributed by atoms with Crippen LogP contribution in [-0.2, 0) is 11.3 Å². The van der Waals surface area contributed by atoms with Crippen LogP contribution in [0.1, 0.15) is 41.6 Å². The van der Waals surface area contributed by atoms with Gasteiger partial charge in [0.1, 0.15) is 5.75 Å². The molecule has 2 N–H and O–H groups in total. The lowest BCUT2D eigenvalue weighted by Crippen LogP contribution is -2.36. The van der Waals surface area contributed by atoms with E-state index in [1.165, 1.54) is 0 Å². The Morgan fingerprint density at radius 1 is 1.07 bits per heavy atom. The van der Waals surface area contributed by atoms with Gasteiger partial charge in [0.2, 0.25) is 5.91 Å². The van der Waals surface area contributed by atoms with Gasteiger partial charge < -0.3 is 15.4 Å². The average molecular weight is 381 g/mol. The van der Waals surface area contributed by atoms with Gasteiger partial charge in [-0.1, -0.05) is 6.07 Å². The second kappa shape index (κ2) is 9.88. The lowest BCUT2D eigenvalue weighted by atomic mass is 9.81. The molecule has 6 heteroatoms. The molecular weight excluding hydrogens is 354 g/mol. The maximum absolute atomic E-state index is 12.4. The van der Waals surface area contributed by atoms with Crippen molar-refractivity contribution in [2.45, 2.75) is 32.2 Å². The van der Waals surface area contributed by atoms with Crippen LogP contribution in [-0.4, -0.2) is 30.5 Å². The maximum atomic E-state index is 12.4. The summed E-state index contributed by atoms with van der Waals surface area (Å²) in [6.45, 7) is 1.17. The van der Waals surface area contributed by atoms with Gasteiger partial charge >= 0.3 is 0 Å². The Morgan fingerprint density at radius 3 is 2.46 bits per heavy atom. The van der Waals surface area contributed by atoms with E-state index >= 15 is 0 Å². The van der Waals surface area contributed by atoms with Gasteiger partial charge in [0.15, 0.2) is 0 Å². The number of aromatic nitrogens is 1. The summed E-state index contributed by atoms with van der Waals surface area (Å²) in [5.41, 5.74) is 1.63. The van der Waals surface area contributed by atoms with E-state index < -0.39 is 0 Å². The largest absolute Gasteiger partial charge is 0.497 e. The molecule has 0 spiro atoms. The van der Waals surface area contributed by atoms with Crippen LogP contribution in [0.15, 0.2) is 48.8 Å². The number of hydrogen-bond donors (Lipinski definition) is 2. The van der Waals surface area contributed by atoms with Crippen molar-refractivity contribution in [1.82, 2.24) is 15.6 Å². The first-order valence-corrected chi connectivity index (χ1v) is 9.74. The van der Waals surface area contributed by atoms with Crippen molar-refractivity contribution in [3.05, 3.63) is 59.9 Å². The van der Waals surface area contributed by atoms with Gasteiger partial charge in [0.05, 0.1) is 7.11 Å². The molecule has 2 aromatic rings. The van der Waals surface area contributed by atoms with Crippen molar-refractivity contribution < 1.29 is 14.3 Å². The first kappa shape index (κ1) is 19.9. The van der Waals surface area contributed by atoms with E-state index in [4.69, 9.17) is 4.74 Å². The Balaban J connectivity index is 1.37. The molecule has 148 valence electrons. The molecule has 1 saturated carbocycles. The number of methoxy groups -OCH3 is 1. The minimum absolute atomic E-state index is 0.0604. The zero-order valence-corrected chi connectivity index (χ0v) is 16.2. The van der Waals surface area contributed by atoms with Crippen molar-refractivity contribution >= 4 is 11.8 Å². The second-order valence-electron chi connectivity index (χ2n) is 7.24. The minimum atomic E-state index is -0.0704. The standard InChI is InChI=1S/C22H27N3O3/c1-28-20-10-8-19(9-11-20)22(27)24-14-16-4-6-18(7-5-16)21(26)25-15-17-3-2-12-23-13-17/h2-3,8-13,16,18H,4-7,14-15H2,1H3,(H,24,27)(H,25,26). The molecule has 0 atom stereocenters. The van der Waals surface area contributed by atoms with E-state index in [0.717, 1.165) is 37.0 Å². The van der Waals surface area contributed by atoms with Gasteiger partial charge in [-0.25, -0.2) is 0 Å². The fourth-order valence-corrected chi connectivity index (χ4v) is 3.55. The Hall–Kier alpha value is -2.89. The summed E-state index contributed by atoms with van der Waals surface area (Å²) in [7, 11) is 1.60. The number of pyridine rings is 1. The molecule has 0 radical (unpaired) electrons. The zero-order valence-electron chi connectivity index (χ0n) is 16.2. The number of ether oxygens (including phenoxy) is 1. The monoisotopic (exact) mass is 381 g/mol. The van der Waals surface area contributed by atoms with Crippen molar-refractivity contribution in [3.8, 4) is 5.75 Å². The summed E-state index contributed by atoms with van der Waals surface area (Å²) < 4.78 is 5.11. The van der Waals surface area contributed by atoms with Gasteiger partial charge in [0, 0.05) is 37.0 Å². The van der Waals surface area contributed by atoms with Crippen LogP contribution in [0.3, 0.4) is 0 Å². The molecule has 3 rings (SSSR count). The Kier molecular flexibility index (Phi) is 7.00. The number of rotatable bonds is 7. The summed E-state index contributed by atoms with van der Waals surface area (Å²) >= 11 is 0. The van der Waals surface area contributed by atoms with Crippen LogP contribution in [0.25, 0.3) is 0 Å². The summed E-state index contributed by atoms with van der Waals surface area (Å²) in [5, 5.41) is 6.02. The number of hydrogen-bond acceptors (Lipinski definition) is 4. The molecule has 2 amide bonds. The second-order valence-corrected chi connectivity index (χ2v) is 7.24. The molecule has 0 saturated heterocycles. The number of amides is 2.